The molecule has 0 aromatic carbocycles. The molecule has 2 atom stereocenters. The standard InChI is InChI=1S/C14H20N4S/c1-9-6-7-12(19-9)10(2)15-11(3)14-17-16-13-5-4-8-18(13)14/h6-7,10-11,15H,4-5,8H2,1-3H3. The van der Waals surface area contributed by atoms with Crippen LogP contribution in [-0.2, 0) is 13.0 Å². The predicted octanol–water partition coefficient (Wildman–Crippen LogP) is 3.01. The van der Waals surface area contributed by atoms with E-state index in [0.29, 0.717) is 6.04 Å². The zero-order valence-corrected chi connectivity index (χ0v) is 12.5. The van der Waals surface area contributed by atoms with Crippen molar-refractivity contribution in [2.45, 2.75) is 52.2 Å². The van der Waals surface area contributed by atoms with Crippen molar-refractivity contribution in [1.82, 2.24) is 20.1 Å². The van der Waals surface area contributed by atoms with E-state index in [9.17, 15) is 0 Å². The lowest BCUT2D eigenvalue weighted by Crippen LogP contribution is -2.24. The molecule has 1 N–H and O–H groups in total. The number of hydrogen-bond acceptors (Lipinski definition) is 4. The van der Waals surface area contributed by atoms with Crippen LogP contribution < -0.4 is 5.32 Å². The van der Waals surface area contributed by atoms with Gasteiger partial charge in [0.1, 0.15) is 11.6 Å². The molecular formula is C14H20N4S. The van der Waals surface area contributed by atoms with E-state index < -0.39 is 0 Å². The molecule has 2 aromatic rings. The largest absolute Gasteiger partial charge is 0.314 e. The summed E-state index contributed by atoms with van der Waals surface area (Å²) in [5.41, 5.74) is 0. The van der Waals surface area contributed by atoms with Gasteiger partial charge in [-0.1, -0.05) is 0 Å². The van der Waals surface area contributed by atoms with E-state index in [0.717, 1.165) is 24.6 Å². The Morgan fingerprint density at radius 2 is 2.11 bits per heavy atom. The van der Waals surface area contributed by atoms with Gasteiger partial charge in [0.15, 0.2) is 0 Å². The van der Waals surface area contributed by atoms with Crippen LogP contribution in [0.2, 0.25) is 0 Å². The lowest BCUT2D eigenvalue weighted by atomic mass is 10.2. The number of aromatic nitrogens is 3. The fraction of sp³-hybridized carbons (Fsp3) is 0.571. The summed E-state index contributed by atoms with van der Waals surface area (Å²) in [5, 5.41) is 12.2. The number of rotatable bonds is 4. The summed E-state index contributed by atoms with van der Waals surface area (Å²) in [6.07, 6.45) is 2.27. The van der Waals surface area contributed by atoms with Gasteiger partial charge in [0, 0.05) is 28.8 Å². The molecule has 0 amide bonds. The molecule has 2 aromatic heterocycles. The van der Waals surface area contributed by atoms with Crippen LogP contribution in [0.25, 0.3) is 0 Å². The Morgan fingerprint density at radius 1 is 1.26 bits per heavy atom. The third-order valence-electron chi connectivity index (χ3n) is 3.71. The average Bonchev–Trinajstić information content (AvgIpc) is 3.02. The van der Waals surface area contributed by atoms with Crippen LogP contribution >= 0.6 is 11.3 Å². The second-order valence-electron chi connectivity index (χ2n) is 5.29. The highest BCUT2D eigenvalue weighted by Gasteiger charge is 2.22. The third-order valence-corrected chi connectivity index (χ3v) is 4.90. The first-order valence-electron chi connectivity index (χ1n) is 6.89. The summed E-state index contributed by atoms with van der Waals surface area (Å²) in [7, 11) is 0. The number of nitrogens with zero attached hydrogens (tertiary/aromatic N) is 3. The molecule has 102 valence electrons. The fourth-order valence-corrected chi connectivity index (χ4v) is 3.60. The van der Waals surface area contributed by atoms with Gasteiger partial charge in [-0.25, -0.2) is 0 Å². The topological polar surface area (TPSA) is 42.7 Å². The van der Waals surface area contributed by atoms with Crippen molar-refractivity contribution in [3.8, 4) is 0 Å². The quantitative estimate of drug-likeness (QED) is 0.933. The molecule has 19 heavy (non-hydrogen) atoms. The van der Waals surface area contributed by atoms with E-state index in [1.165, 1.54) is 16.2 Å². The van der Waals surface area contributed by atoms with Crippen molar-refractivity contribution >= 4 is 11.3 Å². The molecule has 0 fully saturated rings. The van der Waals surface area contributed by atoms with Crippen molar-refractivity contribution in [2.24, 2.45) is 0 Å². The maximum Gasteiger partial charge on any atom is 0.149 e. The van der Waals surface area contributed by atoms with Crippen LogP contribution in [0, 0.1) is 6.92 Å². The monoisotopic (exact) mass is 276 g/mol. The molecule has 0 saturated heterocycles. The average molecular weight is 276 g/mol. The van der Waals surface area contributed by atoms with Crippen LogP contribution in [0.4, 0.5) is 0 Å². The number of nitrogens with one attached hydrogen (secondary N) is 1. The molecule has 1 aliphatic heterocycles. The molecule has 1 aliphatic rings. The first-order valence-corrected chi connectivity index (χ1v) is 7.71. The Bertz CT molecular complexity index is 572. The molecule has 3 rings (SSSR count). The maximum atomic E-state index is 4.34. The van der Waals surface area contributed by atoms with Gasteiger partial charge in [-0.3, -0.25) is 0 Å². The van der Waals surface area contributed by atoms with Crippen molar-refractivity contribution in [3.63, 3.8) is 0 Å². The lowest BCUT2D eigenvalue weighted by molar-refractivity contribution is 0.463. The van der Waals surface area contributed by atoms with Gasteiger partial charge in [-0.2, -0.15) is 0 Å². The van der Waals surface area contributed by atoms with Gasteiger partial charge in [0.2, 0.25) is 0 Å². The van der Waals surface area contributed by atoms with Crippen molar-refractivity contribution in [2.75, 3.05) is 0 Å². The zero-order valence-electron chi connectivity index (χ0n) is 11.7. The second-order valence-corrected chi connectivity index (χ2v) is 6.61. The van der Waals surface area contributed by atoms with E-state index >= 15 is 0 Å². The number of aryl methyl sites for hydroxylation is 2. The summed E-state index contributed by atoms with van der Waals surface area (Å²) in [5.74, 6) is 2.22. The number of thiophene rings is 1. The van der Waals surface area contributed by atoms with Crippen molar-refractivity contribution in [1.29, 1.82) is 0 Å². The Balaban J connectivity index is 1.72. The normalized spacial score (nSPS) is 17.4. The summed E-state index contributed by atoms with van der Waals surface area (Å²) in [6, 6.07) is 4.97. The van der Waals surface area contributed by atoms with Gasteiger partial charge in [-0.15, -0.1) is 21.5 Å². The smallest absolute Gasteiger partial charge is 0.149 e. The van der Waals surface area contributed by atoms with Crippen LogP contribution in [0.5, 0.6) is 0 Å². The van der Waals surface area contributed by atoms with Crippen molar-refractivity contribution in [3.05, 3.63) is 33.5 Å². The summed E-state index contributed by atoms with van der Waals surface area (Å²) in [4.78, 5) is 2.74. The molecule has 0 saturated carbocycles. The highest BCUT2D eigenvalue weighted by molar-refractivity contribution is 7.12. The molecule has 4 nitrogen and oxygen atoms in total. The molecule has 3 heterocycles. The Hall–Kier alpha value is -1.20. The van der Waals surface area contributed by atoms with Gasteiger partial charge >= 0.3 is 0 Å². The maximum absolute atomic E-state index is 4.34. The van der Waals surface area contributed by atoms with E-state index in [2.05, 4.69) is 53.0 Å². The first kappa shape index (κ1) is 12.8. The van der Waals surface area contributed by atoms with Crippen LogP contribution in [0.1, 0.15) is 53.8 Å². The fourth-order valence-electron chi connectivity index (χ4n) is 2.71. The zero-order chi connectivity index (χ0) is 13.4. The summed E-state index contributed by atoms with van der Waals surface area (Å²) >= 11 is 1.86. The van der Waals surface area contributed by atoms with Gasteiger partial charge < -0.3 is 9.88 Å². The summed E-state index contributed by atoms with van der Waals surface area (Å²) < 4.78 is 2.27. The van der Waals surface area contributed by atoms with Gasteiger partial charge in [0.05, 0.1) is 6.04 Å². The second kappa shape index (κ2) is 5.06. The molecule has 0 radical (unpaired) electrons. The van der Waals surface area contributed by atoms with Crippen molar-refractivity contribution < 1.29 is 0 Å². The van der Waals surface area contributed by atoms with Crippen LogP contribution in [0.3, 0.4) is 0 Å². The number of fused-ring (bicyclic) bond motifs is 1. The Labute approximate surface area is 117 Å². The van der Waals surface area contributed by atoms with Gasteiger partial charge in [-0.05, 0) is 39.3 Å². The first-order chi connectivity index (χ1) is 9.15. The van der Waals surface area contributed by atoms with E-state index in [1.54, 1.807) is 0 Å². The minimum Gasteiger partial charge on any atom is -0.314 e. The molecule has 0 aliphatic carbocycles. The van der Waals surface area contributed by atoms with E-state index in [4.69, 9.17) is 0 Å². The minimum absolute atomic E-state index is 0.233. The highest BCUT2D eigenvalue weighted by atomic mass is 32.1. The molecule has 5 heteroatoms. The number of hydrogen-bond donors (Lipinski definition) is 1. The molecule has 2 unspecified atom stereocenters. The Morgan fingerprint density at radius 3 is 2.84 bits per heavy atom. The SMILES string of the molecule is Cc1ccc(C(C)NC(C)c2nnc3n2CCC3)s1. The van der Waals surface area contributed by atoms with Crippen LogP contribution in [-0.4, -0.2) is 14.8 Å². The minimum atomic E-state index is 0.233. The lowest BCUT2D eigenvalue weighted by Gasteiger charge is -2.18. The third kappa shape index (κ3) is 2.44. The Kier molecular flexibility index (Phi) is 3.41. The molecule has 0 bridgehead atoms. The highest BCUT2D eigenvalue weighted by Crippen LogP contribution is 2.26. The van der Waals surface area contributed by atoms with E-state index in [1.807, 2.05) is 11.3 Å². The predicted molar refractivity (Wildman–Crippen MR) is 77.4 cm³/mol. The van der Waals surface area contributed by atoms with Crippen LogP contribution in [0.15, 0.2) is 12.1 Å². The van der Waals surface area contributed by atoms with E-state index in [-0.39, 0.29) is 6.04 Å². The van der Waals surface area contributed by atoms with Gasteiger partial charge in [0.25, 0.3) is 0 Å². The summed E-state index contributed by atoms with van der Waals surface area (Å²) in [6.45, 7) is 7.60. The molecular weight excluding hydrogens is 256 g/mol. The molecule has 0 spiro atoms.